The van der Waals surface area contributed by atoms with E-state index in [4.69, 9.17) is 21.4 Å². The molecule has 0 radical (unpaired) electrons. The minimum absolute atomic E-state index is 0.178. The van der Waals surface area contributed by atoms with Crippen LogP contribution in [-0.2, 0) is 0 Å². The van der Waals surface area contributed by atoms with Crippen LogP contribution in [0, 0.1) is 0 Å². The van der Waals surface area contributed by atoms with Gasteiger partial charge in [0.2, 0.25) is 0 Å². The minimum atomic E-state index is -1.31. The molecule has 6 nitrogen and oxygen atoms in total. The first-order chi connectivity index (χ1) is 8.54. The Morgan fingerprint density at radius 2 is 2.11 bits per heavy atom. The van der Waals surface area contributed by atoms with Crippen molar-refractivity contribution in [3.63, 3.8) is 0 Å². The van der Waals surface area contributed by atoms with Gasteiger partial charge in [-0.2, -0.15) is 0 Å². The van der Waals surface area contributed by atoms with Crippen molar-refractivity contribution in [1.82, 2.24) is 10.2 Å². The average molecular weight is 269 g/mol. The largest absolute Gasteiger partial charge is 0.495 e. The first kappa shape index (κ1) is 12.3. The maximum atomic E-state index is 11.3. The van der Waals surface area contributed by atoms with Gasteiger partial charge in [-0.05, 0) is 18.2 Å². The van der Waals surface area contributed by atoms with E-state index in [9.17, 15) is 9.59 Å². The summed E-state index contributed by atoms with van der Waals surface area (Å²) < 4.78 is 4.99. The van der Waals surface area contributed by atoms with E-state index in [0.29, 0.717) is 16.3 Å². The van der Waals surface area contributed by atoms with Crippen molar-refractivity contribution in [2.24, 2.45) is 0 Å². The summed E-state index contributed by atoms with van der Waals surface area (Å²) in [7, 11) is 1.47. The summed E-state index contributed by atoms with van der Waals surface area (Å²) >= 11 is 5.94. The van der Waals surface area contributed by atoms with Crippen molar-refractivity contribution in [2.75, 3.05) is 7.11 Å². The second-order valence-electron chi connectivity index (χ2n) is 3.48. The maximum Gasteiger partial charge on any atom is 0.343 e. The lowest BCUT2D eigenvalue weighted by Gasteiger charge is -2.05. The first-order valence-corrected chi connectivity index (χ1v) is 5.30. The highest BCUT2D eigenvalue weighted by molar-refractivity contribution is 6.32. The van der Waals surface area contributed by atoms with E-state index in [-0.39, 0.29) is 11.3 Å². The third kappa shape index (κ3) is 1.98. The molecule has 0 saturated heterocycles. The van der Waals surface area contributed by atoms with Crippen LogP contribution in [0.1, 0.15) is 10.4 Å². The number of hydrogen-bond acceptors (Lipinski definition) is 3. The van der Waals surface area contributed by atoms with Crippen LogP contribution in [0.25, 0.3) is 11.3 Å². The number of H-pyrrole nitrogens is 2. The number of methoxy groups -OCH3 is 1. The second kappa shape index (κ2) is 4.58. The van der Waals surface area contributed by atoms with Gasteiger partial charge in [0.25, 0.3) is 5.56 Å². The van der Waals surface area contributed by atoms with Gasteiger partial charge in [-0.15, -0.1) is 0 Å². The number of carboxylic acid groups (broad SMARTS) is 1. The summed E-state index contributed by atoms with van der Waals surface area (Å²) in [5.74, 6) is -0.838. The third-order valence-electron chi connectivity index (χ3n) is 2.43. The average Bonchev–Trinajstić information content (AvgIpc) is 2.71. The Kier molecular flexibility index (Phi) is 3.12. The zero-order valence-electron chi connectivity index (χ0n) is 9.28. The predicted octanol–water partition coefficient (Wildman–Crippen LogP) is 1.73. The van der Waals surface area contributed by atoms with Gasteiger partial charge in [0.1, 0.15) is 5.75 Å². The molecule has 0 amide bonds. The standard InChI is InChI=1S/C11H9ClN2O4/c1-18-7-3-2-5(4-6(7)12)9-8(11(16)17)10(15)14-13-9/h2-4H,1H3,(H,16,17)(H2,13,14,15). The lowest BCUT2D eigenvalue weighted by Crippen LogP contribution is -2.12. The van der Waals surface area contributed by atoms with Crippen molar-refractivity contribution in [3.8, 4) is 17.0 Å². The molecule has 0 atom stereocenters. The van der Waals surface area contributed by atoms with Gasteiger partial charge in [0.05, 0.1) is 17.8 Å². The molecule has 0 bridgehead atoms. The lowest BCUT2D eigenvalue weighted by molar-refractivity contribution is 0.0696. The van der Waals surface area contributed by atoms with Crippen LogP contribution < -0.4 is 10.3 Å². The third-order valence-corrected chi connectivity index (χ3v) is 2.73. The number of carboxylic acids is 1. The number of carbonyl (C=O) groups is 1. The predicted molar refractivity (Wildman–Crippen MR) is 65.4 cm³/mol. The van der Waals surface area contributed by atoms with Gasteiger partial charge < -0.3 is 9.84 Å². The number of benzene rings is 1. The Labute approximate surface area is 106 Å². The van der Waals surface area contributed by atoms with Crippen LogP contribution >= 0.6 is 11.6 Å². The smallest absolute Gasteiger partial charge is 0.343 e. The van der Waals surface area contributed by atoms with Crippen LogP contribution in [0.2, 0.25) is 5.02 Å². The highest BCUT2D eigenvalue weighted by atomic mass is 35.5. The van der Waals surface area contributed by atoms with Crippen LogP contribution in [0.4, 0.5) is 0 Å². The van der Waals surface area contributed by atoms with E-state index in [2.05, 4.69) is 10.2 Å². The Morgan fingerprint density at radius 1 is 1.39 bits per heavy atom. The highest BCUT2D eigenvalue weighted by Crippen LogP contribution is 2.29. The monoisotopic (exact) mass is 268 g/mol. The van der Waals surface area contributed by atoms with E-state index in [1.807, 2.05) is 0 Å². The molecule has 0 aliphatic rings. The Balaban J connectivity index is 2.59. The fraction of sp³-hybridized carbons (Fsp3) is 0.0909. The van der Waals surface area contributed by atoms with E-state index >= 15 is 0 Å². The van der Waals surface area contributed by atoms with E-state index in [1.165, 1.54) is 13.2 Å². The van der Waals surface area contributed by atoms with Crippen molar-refractivity contribution < 1.29 is 14.6 Å². The molecule has 2 aromatic rings. The van der Waals surface area contributed by atoms with Crippen LogP contribution in [0.5, 0.6) is 5.75 Å². The zero-order valence-corrected chi connectivity index (χ0v) is 10.0. The molecule has 0 fully saturated rings. The Morgan fingerprint density at radius 3 is 2.67 bits per heavy atom. The molecule has 3 N–H and O–H groups in total. The number of aromatic amines is 2. The summed E-state index contributed by atoms with van der Waals surface area (Å²) in [4.78, 5) is 22.3. The lowest BCUT2D eigenvalue weighted by atomic mass is 10.1. The molecule has 1 aromatic carbocycles. The van der Waals surface area contributed by atoms with Gasteiger partial charge in [-0.25, -0.2) is 4.79 Å². The molecule has 0 aliphatic carbocycles. The summed E-state index contributed by atoms with van der Waals surface area (Å²) in [6.07, 6.45) is 0. The molecule has 1 aromatic heterocycles. The van der Waals surface area contributed by atoms with Crippen LogP contribution in [-0.4, -0.2) is 28.4 Å². The van der Waals surface area contributed by atoms with E-state index in [1.54, 1.807) is 12.1 Å². The number of halogens is 1. The van der Waals surface area contributed by atoms with E-state index < -0.39 is 11.5 Å². The summed E-state index contributed by atoms with van der Waals surface area (Å²) in [5.41, 5.74) is -0.380. The number of ether oxygens (including phenoxy) is 1. The van der Waals surface area contributed by atoms with Crippen molar-refractivity contribution in [3.05, 3.63) is 39.1 Å². The van der Waals surface area contributed by atoms with Crippen LogP contribution in [0.3, 0.4) is 0 Å². The molecule has 0 spiro atoms. The molecule has 2 rings (SSSR count). The van der Waals surface area contributed by atoms with Crippen molar-refractivity contribution in [1.29, 1.82) is 0 Å². The number of rotatable bonds is 3. The number of aromatic carboxylic acids is 1. The zero-order chi connectivity index (χ0) is 13.3. The fourth-order valence-corrected chi connectivity index (χ4v) is 1.86. The normalized spacial score (nSPS) is 10.3. The SMILES string of the molecule is COc1ccc(-c2[nH][nH]c(=O)c2C(=O)O)cc1Cl. The van der Waals surface area contributed by atoms with Gasteiger partial charge in [-0.3, -0.25) is 15.0 Å². The Bertz CT molecular complexity index is 659. The van der Waals surface area contributed by atoms with Crippen LogP contribution in [0.15, 0.2) is 23.0 Å². The topological polar surface area (TPSA) is 95.2 Å². The molecule has 7 heteroatoms. The molecular weight excluding hydrogens is 260 g/mol. The Hall–Kier alpha value is -2.21. The second-order valence-corrected chi connectivity index (χ2v) is 3.89. The molecule has 0 aliphatic heterocycles. The molecule has 0 unspecified atom stereocenters. The molecule has 94 valence electrons. The van der Waals surface area contributed by atoms with Crippen molar-refractivity contribution >= 4 is 17.6 Å². The number of nitrogens with one attached hydrogen (secondary N) is 2. The quantitative estimate of drug-likeness (QED) is 0.790. The molecule has 0 saturated carbocycles. The van der Waals surface area contributed by atoms with Crippen molar-refractivity contribution in [2.45, 2.75) is 0 Å². The minimum Gasteiger partial charge on any atom is -0.495 e. The number of hydrogen-bond donors (Lipinski definition) is 3. The van der Waals surface area contributed by atoms with Gasteiger partial charge in [-0.1, -0.05) is 11.6 Å². The highest BCUT2D eigenvalue weighted by Gasteiger charge is 2.19. The molecule has 1 heterocycles. The van der Waals surface area contributed by atoms with Gasteiger partial charge in [0.15, 0.2) is 5.56 Å². The molecular formula is C11H9ClN2O4. The van der Waals surface area contributed by atoms with Gasteiger partial charge >= 0.3 is 5.97 Å². The fourth-order valence-electron chi connectivity index (χ4n) is 1.60. The maximum absolute atomic E-state index is 11.3. The molecule has 18 heavy (non-hydrogen) atoms. The summed E-state index contributed by atoms with van der Waals surface area (Å²) in [6.45, 7) is 0. The van der Waals surface area contributed by atoms with E-state index in [0.717, 1.165) is 0 Å². The van der Waals surface area contributed by atoms with Gasteiger partial charge in [0, 0.05) is 5.56 Å². The summed E-state index contributed by atoms with van der Waals surface area (Å²) in [5, 5.41) is 14.0. The first-order valence-electron chi connectivity index (χ1n) is 4.92. The number of aromatic nitrogens is 2. The summed E-state index contributed by atoms with van der Waals surface area (Å²) in [6, 6.07) is 4.72.